The second-order valence-electron chi connectivity index (χ2n) is 3.67. The lowest BCUT2D eigenvalue weighted by Crippen LogP contribution is -2.38. The Balaban J connectivity index is 1.81. The van der Waals surface area contributed by atoms with Crippen LogP contribution in [0.3, 0.4) is 0 Å². The fraction of sp³-hybridized carbons (Fsp3) is 0.667. The first-order chi connectivity index (χ1) is 7.75. The molecule has 0 aliphatic carbocycles. The quantitative estimate of drug-likeness (QED) is 0.538. The highest BCUT2D eigenvalue weighted by atomic mass is 16.6. The van der Waals surface area contributed by atoms with Crippen LogP contribution in [0.2, 0.25) is 0 Å². The first-order valence-electron chi connectivity index (χ1n) is 5.22. The predicted molar refractivity (Wildman–Crippen MR) is 56.1 cm³/mol. The van der Waals surface area contributed by atoms with Gasteiger partial charge in [0.1, 0.15) is 12.4 Å². The molecule has 0 N–H and O–H groups in total. The molecule has 7 nitrogen and oxygen atoms in total. The molecule has 2 heterocycles. The lowest BCUT2D eigenvalue weighted by molar-refractivity contribution is -0.385. The third-order valence-corrected chi connectivity index (χ3v) is 2.58. The van der Waals surface area contributed by atoms with E-state index in [4.69, 9.17) is 4.74 Å². The van der Waals surface area contributed by atoms with Crippen molar-refractivity contribution < 1.29 is 9.66 Å². The largest absolute Gasteiger partial charge is 0.379 e. The molecule has 0 spiro atoms. The summed E-state index contributed by atoms with van der Waals surface area (Å²) in [5.41, 5.74) is 0.0435. The van der Waals surface area contributed by atoms with Crippen molar-refractivity contribution in [3.05, 3.63) is 22.5 Å². The summed E-state index contributed by atoms with van der Waals surface area (Å²) in [5.74, 6) is 0. The maximum atomic E-state index is 10.4. The molecule has 1 aliphatic heterocycles. The summed E-state index contributed by atoms with van der Waals surface area (Å²) < 4.78 is 6.84. The molecule has 0 unspecified atom stereocenters. The number of aromatic nitrogens is 2. The Hall–Kier alpha value is -1.47. The van der Waals surface area contributed by atoms with Crippen molar-refractivity contribution in [2.45, 2.75) is 6.54 Å². The molecule has 1 aliphatic rings. The molecular weight excluding hydrogens is 212 g/mol. The minimum Gasteiger partial charge on any atom is -0.379 e. The second kappa shape index (κ2) is 5.04. The summed E-state index contributed by atoms with van der Waals surface area (Å²) in [6.07, 6.45) is 2.74. The predicted octanol–water partition coefficient (Wildman–Crippen LogP) is 0.123. The summed E-state index contributed by atoms with van der Waals surface area (Å²) in [7, 11) is 0. The van der Waals surface area contributed by atoms with Gasteiger partial charge in [-0.15, -0.1) is 0 Å². The lowest BCUT2D eigenvalue weighted by atomic mass is 10.4. The zero-order chi connectivity index (χ0) is 11.4. The van der Waals surface area contributed by atoms with Crippen LogP contribution in [0.1, 0.15) is 0 Å². The van der Waals surface area contributed by atoms with Crippen LogP contribution in [0.15, 0.2) is 12.4 Å². The van der Waals surface area contributed by atoms with Gasteiger partial charge < -0.3 is 4.74 Å². The standard InChI is InChI=1S/C9H14N4O3/c14-13(15)9-7-10-12(8-9)2-1-11-3-5-16-6-4-11/h7-8H,1-6H2. The van der Waals surface area contributed by atoms with Crippen molar-refractivity contribution in [2.75, 3.05) is 32.8 Å². The van der Waals surface area contributed by atoms with E-state index >= 15 is 0 Å². The zero-order valence-electron chi connectivity index (χ0n) is 8.91. The van der Waals surface area contributed by atoms with Crippen LogP contribution in [0.4, 0.5) is 5.69 Å². The van der Waals surface area contributed by atoms with Crippen molar-refractivity contribution in [1.82, 2.24) is 14.7 Å². The topological polar surface area (TPSA) is 73.4 Å². The van der Waals surface area contributed by atoms with E-state index in [1.165, 1.54) is 12.4 Å². The molecule has 0 atom stereocenters. The Labute approximate surface area is 92.7 Å². The molecule has 2 rings (SSSR count). The number of hydrogen-bond donors (Lipinski definition) is 0. The van der Waals surface area contributed by atoms with E-state index in [0.29, 0.717) is 6.54 Å². The van der Waals surface area contributed by atoms with Crippen LogP contribution in [0, 0.1) is 10.1 Å². The smallest absolute Gasteiger partial charge is 0.306 e. The molecule has 1 saturated heterocycles. The average Bonchev–Trinajstić information content (AvgIpc) is 2.76. The molecule has 1 aromatic rings. The zero-order valence-corrected chi connectivity index (χ0v) is 8.91. The van der Waals surface area contributed by atoms with Crippen molar-refractivity contribution in [1.29, 1.82) is 0 Å². The van der Waals surface area contributed by atoms with Gasteiger partial charge in [0.15, 0.2) is 0 Å². The summed E-state index contributed by atoms with van der Waals surface area (Å²) >= 11 is 0. The van der Waals surface area contributed by atoms with E-state index in [0.717, 1.165) is 32.8 Å². The fourth-order valence-corrected chi connectivity index (χ4v) is 1.64. The van der Waals surface area contributed by atoms with Gasteiger partial charge in [0.25, 0.3) is 0 Å². The van der Waals surface area contributed by atoms with Crippen LogP contribution in [-0.2, 0) is 11.3 Å². The molecule has 0 amide bonds. The molecule has 16 heavy (non-hydrogen) atoms. The summed E-state index contributed by atoms with van der Waals surface area (Å²) in [4.78, 5) is 12.3. The van der Waals surface area contributed by atoms with Gasteiger partial charge in [-0.1, -0.05) is 0 Å². The molecule has 1 aromatic heterocycles. The Kier molecular flexibility index (Phi) is 3.47. The van der Waals surface area contributed by atoms with Gasteiger partial charge in [-0.2, -0.15) is 5.10 Å². The first kappa shape index (κ1) is 11.0. The summed E-state index contributed by atoms with van der Waals surface area (Å²) in [5, 5.41) is 14.4. The van der Waals surface area contributed by atoms with Crippen molar-refractivity contribution in [2.24, 2.45) is 0 Å². The lowest BCUT2D eigenvalue weighted by Gasteiger charge is -2.26. The highest BCUT2D eigenvalue weighted by molar-refractivity contribution is 5.20. The third-order valence-electron chi connectivity index (χ3n) is 2.58. The van der Waals surface area contributed by atoms with Crippen LogP contribution in [0.25, 0.3) is 0 Å². The fourth-order valence-electron chi connectivity index (χ4n) is 1.64. The Morgan fingerprint density at radius 2 is 2.19 bits per heavy atom. The number of nitrogens with zero attached hydrogens (tertiary/aromatic N) is 4. The minimum absolute atomic E-state index is 0.0435. The minimum atomic E-state index is -0.432. The molecule has 0 aromatic carbocycles. The normalized spacial score (nSPS) is 17.5. The van der Waals surface area contributed by atoms with E-state index in [1.807, 2.05) is 0 Å². The van der Waals surface area contributed by atoms with Gasteiger partial charge in [0.05, 0.1) is 24.7 Å². The number of hydrogen-bond acceptors (Lipinski definition) is 5. The van der Waals surface area contributed by atoms with E-state index < -0.39 is 4.92 Å². The van der Waals surface area contributed by atoms with Gasteiger partial charge in [0, 0.05) is 19.6 Å². The van der Waals surface area contributed by atoms with E-state index in [-0.39, 0.29) is 5.69 Å². The van der Waals surface area contributed by atoms with Crippen LogP contribution < -0.4 is 0 Å². The van der Waals surface area contributed by atoms with Gasteiger partial charge >= 0.3 is 5.69 Å². The van der Waals surface area contributed by atoms with Crippen LogP contribution in [-0.4, -0.2) is 52.5 Å². The highest BCUT2D eigenvalue weighted by Gasteiger charge is 2.12. The van der Waals surface area contributed by atoms with Gasteiger partial charge in [-0.25, -0.2) is 0 Å². The molecule has 0 radical (unpaired) electrons. The Morgan fingerprint density at radius 3 is 2.81 bits per heavy atom. The monoisotopic (exact) mass is 226 g/mol. The molecule has 7 heteroatoms. The van der Waals surface area contributed by atoms with Crippen LogP contribution >= 0.6 is 0 Å². The van der Waals surface area contributed by atoms with Gasteiger partial charge in [0.2, 0.25) is 0 Å². The third kappa shape index (κ3) is 2.77. The van der Waals surface area contributed by atoms with E-state index in [2.05, 4.69) is 10.00 Å². The summed E-state index contributed by atoms with van der Waals surface area (Å²) in [6, 6.07) is 0. The molecule has 0 bridgehead atoms. The first-order valence-corrected chi connectivity index (χ1v) is 5.22. The molecule has 0 saturated carbocycles. The Bertz CT molecular complexity index is 359. The summed E-state index contributed by atoms with van der Waals surface area (Å²) in [6.45, 7) is 4.89. The molecule has 1 fully saturated rings. The van der Waals surface area contributed by atoms with Gasteiger partial charge in [-0.05, 0) is 0 Å². The number of morpholine rings is 1. The Morgan fingerprint density at radius 1 is 1.44 bits per heavy atom. The van der Waals surface area contributed by atoms with Gasteiger partial charge in [-0.3, -0.25) is 19.7 Å². The second-order valence-corrected chi connectivity index (χ2v) is 3.67. The number of ether oxygens (including phenoxy) is 1. The van der Waals surface area contributed by atoms with Crippen molar-refractivity contribution in [3.63, 3.8) is 0 Å². The maximum Gasteiger partial charge on any atom is 0.306 e. The van der Waals surface area contributed by atoms with Crippen molar-refractivity contribution >= 4 is 5.69 Å². The van der Waals surface area contributed by atoms with Crippen LogP contribution in [0.5, 0.6) is 0 Å². The number of nitro groups is 1. The molecule has 88 valence electrons. The highest BCUT2D eigenvalue weighted by Crippen LogP contribution is 2.07. The van der Waals surface area contributed by atoms with E-state index in [9.17, 15) is 10.1 Å². The van der Waals surface area contributed by atoms with E-state index in [1.54, 1.807) is 4.68 Å². The van der Waals surface area contributed by atoms with Crippen molar-refractivity contribution in [3.8, 4) is 0 Å². The SMILES string of the molecule is O=[N+]([O-])c1cnn(CCN2CCOCC2)c1. The average molecular weight is 226 g/mol. The number of rotatable bonds is 4. The molecular formula is C9H14N4O3. The maximum absolute atomic E-state index is 10.4.